The zero-order chi connectivity index (χ0) is 15.4. The topological polar surface area (TPSA) is 64.3 Å². The molecule has 110 valence electrons. The smallest absolute Gasteiger partial charge is 0.262 e. The van der Waals surface area contributed by atoms with Crippen molar-refractivity contribution in [2.45, 2.75) is 0 Å². The van der Waals surface area contributed by atoms with Crippen molar-refractivity contribution >= 4 is 28.9 Å². The highest BCUT2D eigenvalue weighted by Gasteiger charge is 2.10. The minimum absolute atomic E-state index is 0.264. The van der Waals surface area contributed by atoms with Gasteiger partial charge in [0.2, 0.25) is 0 Å². The molecular weight excluding hydrogens is 302 g/mol. The highest BCUT2D eigenvalue weighted by molar-refractivity contribution is 6.34. The Hall–Kier alpha value is -2.34. The second-order valence-electron chi connectivity index (χ2n) is 4.15. The molecule has 7 heteroatoms. The number of halogens is 3. The van der Waals surface area contributed by atoms with Crippen molar-refractivity contribution in [3.05, 3.63) is 53.1 Å². The Morgan fingerprint density at radius 3 is 2.71 bits per heavy atom. The molecule has 0 unspecified atom stereocenters. The zero-order valence-corrected chi connectivity index (χ0v) is 11.5. The number of anilines is 2. The van der Waals surface area contributed by atoms with E-state index in [-0.39, 0.29) is 10.8 Å². The Morgan fingerprint density at radius 1 is 1.24 bits per heavy atom. The summed E-state index contributed by atoms with van der Waals surface area (Å²) >= 11 is 5.89. The molecular formula is C14H11ClF2N2O2. The Labute approximate surface area is 124 Å². The molecule has 1 amide bonds. The molecule has 0 fully saturated rings. The van der Waals surface area contributed by atoms with Gasteiger partial charge in [-0.05, 0) is 30.3 Å². The third-order valence-corrected chi connectivity index (χ3v) is 2.83. The van der Waals surface area contributed by atoms with Gasteiger partial charge in [-0.15, -0.1) is 0 Å². The molecule has 0 aliphatic carbocycles. The minimum Gasteiger partial charge on any atom is -0.481 e. The van der Waals surface area contributed by atoms with E-state index in [1.54, 1.807) is 6.07 Å². The van der Waals surface area contributed by atoms with Gasteiger partial charge in [0.1, 0.15) is 5.82 Å². The number of carbonyl (C=O) groups excluding carboxylic acids is 1. The van der Waals surface area contributed by atoms with Crippen LogP contribution in [0.1, 0.15) is 0 Å². The van der Waals surface area contributed by atoms with Crippen LogP contribution in [0.3, 0.4) is 0 Å². The summed E-state index contributed by atoms with van der Waals surface area (Å²) in [4.78, 5) is 11.7. The maximum Gasteiger partial charge on any atom is 0.262 e. The fourth-order valence-electron chi connectivity index (χ4n) is 1.55. The molecule has 0 aliphatic rings. The molecule has 3 N–H and O–H groups in total. The van der Waals surface area contributed by atoms with Crippen molar-refractivity contribution in [1.82, 2.24) is 0 Å². The highest BCUT2D eigenvalue weighted by atomic mass is 35.5. The van der Waals surface area contributed by atoms with Crippen molar-refractivity contribution in [3.63, 3.8) is 0 Å². The molecule has 0 spiro atoms. The lowest BCUT2D eigenvalue weighted by Crippen LogP contribution is -2.20. The van der Waals surface area contributed by atoms with E-state index in [9.17, 15) is 13.6 Å². The Kier molecular flexibility index (Phi) is 4.59. The van der Waals surface area contributed by atoms with Gasteiger partial charge >= 0.3 is 0 Å². The van der Waals surface area contributed by atoms with Crippen molar-refractivity contribution in [1.29, 1.82) is 0 Å². The summed E-state index contributed by atoms with van der Waals surface area (Å²) < 4.78 is 31.2. The van der Waals surface area contributed by atoms with Crippen molar-refractivity contribution in [2.75, 3.05) is 17.7 Å². The normalized spacial score (nSPS) is 10.2. The Bertz CT molecular complexity index is 680. The molecule has 2 aromatic carbocycles. The standard InChI is InChI=1S/C14H11ClF2N2O2/c15-10-6-9(18)2-4-12(10)19-14(20)7-21-13-5-8(16)1-3-11(13)17/h1-6H,7,18H2,(H,19,20). The molecule has 0 bridgehead atoms. The Morgan fingerprint density at radius 2 is 2.00 bits per heavy atom. The number of hydrogen-bond donors (Lipinski definition) is 2. The van der Waals surface area contributed by atoms with E-state index < -0.39 is 24.1 Å². The molecule has 0 aromatic heterocycles. The van der Waals surface area contributed by atoms with E-state index in [1.807, 2.05) is 0 Å². The number of carbonyl (C=O) groups is 1. The average molecular weight is 313 g/mol. The number of hydrogen-bond acceptors (Lipinski definition) is 3. The summed E-state index contributed by atoms with van der Waals surface area (Å²) in [7, 11) is 0. The number of amides is 1. The number of nitrogen functional groups attached to an aromatic ring is 1. The summed E-state index contributed by atoms with van der Waals surface area (Å²) in [6, 6.07) is 7.30. The van der Waals surface area contributed by atoms with Crippen LogP contribution in [-0.4, -0.2) is 12.5 Å². The fraction of sp³-hybridized carbons (Fsp3) is 0.0714. The second-order valence-corrected chi connectivity index (χ2v) is 4.56. The van der Waals surface area contributed by atoms with Gasteiger partial charge in [-0.2, -0.15) is 0 Å². The Balaban J connectivity index is 1.97. The molecule has 4 nitrogen and oxygen atoms in total. The van der Waals surface area contributed by atoms with Gasteiger partial charge in [-0.25, -0.2) is 8.78 Å². The fourth-order valence-corrected chi connectivity index (χ4v) is 1.79. The number of rotatable bonds is 4. The van der Waals surface area contributed by atoms with Gasteiger partial charge in [0.15, 0.2) is 18.2 Å². The molecule has 0 heterocycles. The van der Waals surface area contributed by atoms with Crippen molar-refractivity contribution < 1.29 is 18.3 Å². The van der Waals surface area contributed by atoms with Gasteiger partial charge in [0, 0.05) is 11.8 Å². The lowest BCUT2D eigenvalue weighted by atomic mass is 10.3. The van der Waals surface area contributed by atoms with Crippen LogP contribution in [0.15, 0.2) is 36.4 Å². The number of nitrogens with one attached hydrogen (secondary N) is 1. The van der Waals surface area contributed by atoms with Crippen LogP contribution < -0.4 is 15.8 Å². The largest absolute Gasteiger partial charge is 0.481 e. The number of nitrogens with two attached hydrogens (primary N) is 1. The minimum atomic E-state index is -0.755. The van der Waals surface area contributed by atoms with Crippen LogP contribution in [0.4, 0.5) is 20.2 Å². The molecule has 0 radical (unpaired) electrons. The van der Waals surface area contributed by atoms with E-state index in [4.69, 9.17) is 22.1 Å². The first-order chi connectivity index (χ1) is 9.95. The van der Waals surface area contributed by atoms with Crippen LogP contribution in [0.2, 0.25) is 5.02 Å². The van der Waals surface area contributed by atoms with E-state index >= 15 is 0 Å². The number of benzene rings is 2. The average Bonchev–Trinajstić information content (AvgIpc) is 2.43. The predicted octanol–water partition coefficient (Wildman–Crippen LogP) is 3.22. The molecule has 0 saturated heterocycles. The van der Waals surface area contributed by atoms with Gasteiger partial charge in [-0.1, -0.05) is 11.6 Å². The van der Waals surface area contributed by atoms with E-state index in [1.165, 1.54) is 12.1 Å². The van der Waals surface area contributed by atoms with Crippen molar-refractivity contribution in [2.24, 2.45) is 0 Å². The summed E-state index contributed by atoms with van der Waals surface area (Å²) in [6.07, 6.45) is 0. The van der Waals surface area contributed by atoms with Crippen LogP contribution in [0.25, 0.3) is 0 Å². The lowest BCUT2D eigenvalue weighted by Gasteiger charge is -2.09. The van der Waals surface area contributed by atoms with Gasteiger partial charge in [-0.3, -0.25) is 4.79 Å². The van der Waals surface area contributed by atoms with Crippen LogP contribution in [-0.2, 0) is 4.79 Å². The molecule has 0 saturated carbocycles. The SMILES string of the molecule is Nc1ccc(NC(=O)COc2cc(F)ccc2F)c(Cl)c1. The molecule has 21 heavy (non-hydrogen) atoms. The maximum absolute atomic E-state index is 13.3. The molecule has 0 atom stereocenters. The summed E-state index contributed by atoms with van der Waals surface area (Å²) in [6.45, 7) is -0.485. The van der Waals surface area contributed by atoms with Crippen LogP contribution in [0.5, 0.6) is 5.75 Å². The van der Waals surface area contributed by atoms with E-state index in [2.05, 4.69) is 5.32 Å². The maximum atomic E-state index is 13.3. The van der Waals surface area contributed by atoms with Gasteiger partial charge in [0.05, 0.1) is 10.7 Å². The van der Waals surface area contributed by atoms with Crippen LogP contribution >= 0.6 is 11.6 Å². The molecule has 0 aliphatic heterocycles. The monoisotopic (exact) mass is 312 g/mol. The first kappa shape index (κ1) is 15.1. The summed E-state index contributed by atoms with van der Waals surface area (Å²) in [5.74, 6) is -2.32. The van der Waals surface area contributed by atoms with E-state index in [0.717, 1.165) is 18.2 Å². The first-order valence-corrected chi connectivity index (χ1v) is 6.26. The van der Waals surface area contributed by atoms with Crippen LogP contribution in [0, 0.1) is 11.6 Å². The third-order valence-electron chi connectivity index (χ3n) is 2.52. The molecule has 2 aromatic rings. The zero-order valence-electron chi connectivity index (χ0n) is 10.7. The lowest BCUT2D eigenvalue weighted by molar-refractivity contribution is -0.118. The quantitative estimate of drug-likeness (QED) is 0.852. The van der Waals surface area contributed by atoms with Gasteiger partial charge in [0.25, 0.3) is 5.91 Å². The summed E-state index contributed by atoms with van der Waals surface area (Å²) in [5, 5.41) is 2.74. The third kappa shape index (κ3) is 4.06. The first-order valence-electron chi connectivity index (χ1n) is 5.88. The van der Waals surface area contributed by atoms with Gasteiger partial charge < -0.3 is 15.8 Å². The number of ether oxygens (including phenoxy) is 1. The summed E-state index contributed by atoms with van der Waals surface area (Å²) in [5.41, 5.74) is 6.33. The molecule has 2 rings (SSSR count). The van der Waals surface area contributed by atoms with E-state index in [0.29, 0.717) is 11.4 Å². The predicted molar refractivity (Wildman–Crippen MR) is 76.3 cm³/mol. The highest BCUT2D eigenvalue weighted by Crippen LogP contribution is 2.24. The van der Waals surface area contributed by atoms with Crippen molar-refractivity contribution in [3.8, 4) is 5.75 Å². The second kappa shape index (κ2) is 6.41.